The molecule has 7 heteroatoms. The molecule has 0 aromatic carbocycles. The van der Waals surface area contributed by atoms with Gasteiger partial charge < -0.3 is 19.7 Å². The Morgan fingerprint density at radius 2 is 1.53 bits per heavy atom. The summed E-state index contributed by atoms with van der Waals surface area (Å²) in [5.74, 6) is -2.49. The first-order valence-electron chi connectivity index (χ1n) is 5.26. The average Bonchev–Trinajstić information content (AvgIpc) is 2.25. The van der Waals surface area contributed by atoms with Crippen molar-refractivity contribution in [1.82, 2.24) is 4.90 Å². The van der Waals surface area contributed by atoms with Gasteiger partial charge in [-0.25, -0.2) is 14.5 Å². The maximum absolute atomic E-state index is 11.0. The molecular formula is C10H19NO6. The van der Waals surface area contributed by atoms with Crippen LogP contribution in [0.2, 0.25) is 0 Å². The Labute approximate surface area is 99.9 Å². The van der Waals surface area contributed by atoms with Crippen molar-refractivity contribution >= 4 is 11.9 Å². The fourth-order valence-corrected chi connectivity index (χ4v) is 1.45. The molecule has 0 aromatic rings. The number of ether oxygens (including phenoxy) is 2. The van der Waals surface area contributed by atoms with Crippen LogP contribution in [0.5, 0.6) is 0 Å². The molecule has 0 radical (unpaired) electrons. The van der Waals surface area contributed by atoms with Gasteiger partial charge in [0.25, 0.3) is 0 Å². The summed E-state index contributed by atoms with van der Waals surface area (Å²) in [7, 11) is 2.43. The Hall–Kier alpha value is -1.18. The van der Waals surface area contributed by atoms with Gasteiger partial charge in [0, 0.05) is 20.8 Å². The second kappa shape index (κ2) is 7.99. The minimum atomic E-state index is -1.33. The van der Waals surface area contributed by atoms with E-state index in [0.29, 0.717) is 6.42 Å². The second-order valence-corrected chi connectivity index (χ2v) is 3.44. The highest BCUT2D eigenvalue weighted by molar-refractivity contribution is 5.75. The zero-order chi connectivity index (χ0) is 13.4. The number of hydrogen-bond donors (Lipinski definition) is 2. The molecule has 0 fully saturated rings. The maximum atomic E-state index is 11.0. The van der Waals surface area contributed by atoms with E-state index in [0.717, 1.165) is 11.3 Å². The zero-order valence-corrected chi connectivity index (χ0v) is 10.3. The highest BCUT2D eigenvalue weighted by Gasteiger charge is 2.35. The monoisotopic (exact) mass is 249 g/mol. The molecule has 0 aliphatic rings. The lowest BCUT2D eigenvalue weighted by atomic mass is 10.3. The molecule has 0 aliphatic heterocycles. The third-order valence-electron chi connectivity index (χ3n) is 2.24. The van der Waals surface area contributed by atoms with Crippen LogP contribution < -0.4 is 0 Å². The number of carbonyl (C=O) groups is 2. The largest absolute Gasteiger partial charge is 0.478 e. The Kier molecular flexibility index (Phi) is 7.44. The summed E-state index contributed by atoms with van der Waals surface area (Å²) in [4.78, 5) is 23.1. The molecule has 0 bridgehead atoms. The van der Waals surface area contributed by atoms with Crippen LogP contribution in [0.3, 0.4) is 0 Å². The number of rotatable bonds is 9. The molecule has 17 heavy (non-hydrogen) atoms. The van der Waals surface area contributed by atoms with Crippen LogP contribution in [0, 0.1) is 0 Å². The van der Waals surface area contributed by atoms with E-state index in [-0.39, 0.29) is 6.54 Å². The molecule has 0 aliphatic carbocycles. The summed E-state index contributed by atoms with van der Waals surface area (Å²) in [5, 5.41) is 17.9. The Morgan fingerprint density at radius 1 is 1.12 bits per heavy atom. The third kappa shape index (κ3) is 4.68. The molecule has 0 heterocycles. The summed E-state index contributed by atoms with van der Waals surface area (Å²) >= 11 is 0. The van der Waals surface area contributed by atoms with E-state index in [1.807, 2.05) is 6.92 Å². The van der Waals surface area contributed by atoms with Crippen LogP contribution in [0.1, 0.15) is 19.8 Å². The standard InChI is InChI=1S/C10H19NO6/c1-4-5-6-11(7(16-2)9(12)13)8(17-3)10(14)15/h7-8H,4-6H2,1-3H3,(H,12,13)(H,14,15). The molecular weight excluding hydrogens is 230 g/mol. The summed E-state index contributed by atoms with van der Waals surface area (Å²) in [6.07, 6.45) is -1.20. The van der Waals surface area contributed by atoms with Crippen molar-refractivity contribution in [2.45, 2.75) is 32.2 Å². The van der Waals surface area contributed by atoms with E-state index in [2.05, 4.69) is 0 Å². The number of carboxylic acid groups (broad SMARTS) is 2. The molecule has 0 rings (SSSR count). The van der Waals surface area contributed by atoms with Gasteiger partial charge in [-0.15, -0.1) is 0 Å². The number of hydrogen-bond acceptors (Lipinski definition) is 5. The van der Waals surface area contributed by atoms with Crippen molar-refractivity contribution in [2.24, 2.45) is 0 Å². The predicted octanol–water partition coefficient (Wildman–Crippen LogP) is 0.203. The quantitative estimate of drug-likeness (QED) is 0.563. The fourth-order valence-electron chi connectivity index (χ4n) is 1.45. The molecule has 0 amide bonds. The SMILES string of the molecule is CCCCN(C(OC)C(=O)O)C(OC)C(=O)O. The molecule has 0 aromatic heterocycles. The van der Waals surface area contributed by atoms with Crippen molar-refractivity contribution in [3.63, 3.8) is 0 Å². The second-order valence-electron chi connectivity index (χ2n) is 3.44. The summed E-state index contributed by atoms with van der Waals surface area (Å²) in [6, 6.07) is 0. The first kappa shape index (κ1) is 15.8. The predicted molar refractivity (Wildman–Crippen MR) is 58.5 cm³/mol. The topological polar surface area (TPSA) is 96.3 Å². The number of methoxy groups -OCH3 is 2. The van der Waals surface area contributed by atoms with Gasteiger partial charge in [0.05, 0.1) is 0 Å². The summed E-state index contributed by atoms with van der Waals surface area (Å²) in [6.45, 7) is 2.19. The lowest BCUT2D eigenvalue weighted by Crippen LogP contribution is -2.52. The van der Waals surface area contributed by atoms with Crippen molar-refractivity contribution < 1.29 is 29.3 Å². The lowest BCUT2D eigenvalue weighted by molar-refractivity contribution is -0.190. The van der Waals surface area contributed by atoms with Crippen LogP contribution in [0.25, 0.3) is 0 Å². The van der Waals surface area contributed by atoms with Gasteiger partial charge in [-0.2, -0.15) is 0 Å². The number of aliphatic carboxylic acids is 2. The first-order valence-corrected chi connectivity index (χ1v) is 5.26. The fraction of sp³-hybridized carbons (Fsp3) is 0.800. The van der Waals surface area contributed by atoms with Crippen LogP contribution in [-0.2, 0) is 19.1 Å². The van der Waals surface area contributed by atoms with E-state index in [1.54, 1.807) is 0 Å². The maximum Gasteiger partial charge on any atom is 0.348 e. The molecule has 0 spiro atoms. The van der Waals surface area contributed by atoms with Gasteiger partial charge in [-0.1, -0.05) is 13.3 Å². The third-order valence-corrected chi connectivity index (χ3v) is 2.24. The number of nitrogens with zero attached hydrogens (tertiary/aromatic N) is 1. The van der Waals surface area contributed by atoms with Gasteiger partial charge >= 0.3 is 11.9 Å². The molecule has 2 atom stereocenters. The van der Waals surface area contributed by atoms with Gasteiger partial charge in [-0.3, -0.25) is 0 Å². The van der Waals surface area contributed by atoms with Crippen LogP contribution >= 0.6 is 0 Å². The Bertz CT molecular complexity index is 235. The molecule has 2 unspecified atom stereocenters. The van der Waals surface area contributed by atoms with Gasteiger partial charge in [-0.05, 0) is 6.42 Å². The molecule has 7 nitrogen and oxygen atoms in total. The molecule has 100 valence electrons. The highest BCUT2D eigenvalue weighted by Crippen LogP contribution is 2.10. The Balaban J connectivity index is 4.93. The van der Waals surface area contributed by atoms with Crippen molar-refractivity contribution in [3.8, 4) is 0 Å². The normalized spacial score (nSPS) is 14.6. The molecule has 0 saturated heterocycles. The van der Waals surface area contributed by atoms with E-state index in [9.17, 15) is 9.59 Å². The minimum absolute atomic E-state index is 0.270. The molecule has 2 N–H and O–H groups in total. The van der Waals surface area contributed by atoms with Gasteiger partial charge in [0.2, 0.25) is 12.5 Å². The lowest BCUT2D eigenvalue weighted by Gasteiger charge is -2.31. The van der Waals surface area contributed by atoms with Crippen LogP contribution in [0.4, 0.5) is 0 Å². The van der Waals surface area contributed by atoms with Gasteiger partial charge in [0.1, 0.15) is 0 Å². The van der Waals surface area contributed by atoms with E-state index in [1.165, 1.54) is 14.2 Å². The minimum Gasteiger partial charge on any atom is -0.478 e. The summed E-state index contributed by atoms with van der Waals surface area (Å²) < 4.78 is 9.57. The van der Waals surface area contributed by atoms with Crippen molar-refractivity contribution in [2.75, 3.05) is 20.8 Å². The number of carboxylic acids is 2. The van der Waals surface area contributed by atoms with Crippen molar-refractivity contribution in [1.29, 1.82) is 0 Å². The van der Waals surface area contributed by atoms with E-state index >= 15 is 0 Å². The van der Waals surface area contributed by atoms with Gasteiger partial charge in [0.15, 0.2) is 0 Å². The average molecular weight is 249 g/mol. The smallest absolute Gasteiger partial charge is 0.348 e. The van der Waals surface area contributed by atoms with E-state index in [4.69, 9.17) is 19.7 Å². The van der Waals surface area contributed by atoms with E-state index < -0.39 is 24.4 Å². The summed E-state index contributed by atoms with van der Waals surface area (Å²) in [5.41, 5.74) is 0. The zero-order valence-electron chi connectivity index (χ0n) is 10.3. The van der Waals surface area contributed by atoms with Crippen LogP contribution in [-0.4, -0.2) is 60.3 Å². The number of unbranched alkanes of at least 4 members (excludes halogenated alkanes) is 1. The molecule has 0 saturated carbocycles. The van der Waals surface area contributed by atoms with Crippen molar-refractivity contribution in [3.05, 3.63) is 0 Å². The Morgan fingerprint density at radius 3 is 1.76 bits per heavy atom. The van der Waals surface area contributed by atoms with Crippen LogP contribution in [0.15, 0.2) is 0 Å². The first-order chi connectivity index (χ1) is 7.99. The highest BCUT2D eigenvalue weighted by atomic mass is 16.5.